The number of hydrogen-bond donors (Lipinski definition) is 0. The number of furan rings is 1. The van der Waals surface area contributed by atoms with Crippen LogP contribution in [0.5, 0.6) is 0 Å². The van der Waals surface area contributed by atoms with Crippen molar-refractivity contribution in [1.82, 2.24) is 0 Å². The van der Waals surface area contributed by atoms with Crippen LogP contribution in [0.25, 0.3) is 98.8 Å². The van der Waals surface area contributed by atoms with Crippen molar-refractivity contribution < 1.29 is 4.42 Å². The normalized spacial score (nSPS) is 11.7. The first-order valence-corrected chi connectivity index (χ1v) is 16.8. The van der Waals surface area contributed by atoms with Gasteiger partial charge in [0, 0.05) is 16.3 Å². The number of fused-ring (bicyclic) bond motifs is 6. The zero-order chi connectivity index (χ0) is 32.3. The molecule has 0 bridgehead atoms. The molecule has 1 heterocycles. The highest BCUT2D eigenvalue weighted by atomic mass is 16.3. The van der Waals surface area contributed by atoms with Crippen molar-refractivity contribution in [2.24, 2.45) is 0 Å². The van der Waals surface area contributed by atoms with Crippen molar-refractivity contribution in [3.05, 3.63) is 182 Å². The molecule has 0 spiro atoms. The second-order valence-electron chi connectivity index (χ2n) is 12.8. The Morgan fingerprint density at radius 1 is 0.306 bits per heavy atom. The minimum atomic E-state index is 0.900. The maximum atomic E-state index is 6.70. The standard InChI is InChI=1S/C48H30O/c1-3-13-31(14-4-1)34-27-25-32-26-28-35(30-36(32)29-34)45-38-17-7-9-19-40(38)46(41-20-10-8-18-39(41)45)42-22-12-24-44-47(42)43-23-11-21-37(48(43)49-44)33-15-5-2-6-16-33/h1-30H. The molecule has 1 nitrogen and oxygen atoms in total. The van der Waals surface area contributed by atoms with Crippen LogP contribution in [0.2, 0.25) is 0 Å². The Hall–Kier alpha value is -6.44. The van der Waals surface area contributed by atoms with Crippen molar-refractivity contribution in [2.75, 3.05) is 0 Å². The van der Waals surface area contributed by atoms with Crippen molar-refractivity contribution in [2.45, 2.75) is 0 Å². The molecule has 0 fully saturated rings. The number of para-hydroxylation sites is 1. The fourth-order valence-corrected chi connectivity index (χ4v) is 7.84. The molecular weight excluding hydrogens is 593 g/mol. The maximum absolute atomic E-state index is 6.70. The van der Waals surface area contributed by atoms with Crippen LogP contribution >= 0.6 is 0 Å². The average molecular weight is 623 g/mol. The summed E-state index contributed by atoms with van der Waals surface area (Å²) >= 11 is 0. The monoisotopic (exact) mass is 622 g/mol. The van der Waals surface area contributed by atoms with Gasteiger partial charge in [-0.05, 0) is 89.5 Å². The maximum Gasteiger partial charge on any atom is 0.143 e. The first-order valence-electron chi connectivity index (χ1n) is 16.8. The first-order chi connectivity index (χ1) is 24.3. The van der Waals surface area contributed by atoms with Gasteiger partial charge in [0.1, 0.15) is 11.2 Å². The van der Waals surface area contributed by atoms with Gasteiger partial charge in [-0.3, -0.25) is 0 Å². The third kappa shape index (κ3) is 4.40. The summed E-state index contributed by atoms with van der Waals surface area (Å²) < 4.78 is 6.70. The van der Waals surface area contributed by atoms with Crippen LogP contribution in [0, 0.1) is 0 Å². The predicted molar refractivity (Wildman–Crippen MR) is 208 cm³/mol. The average Bonchev–Trinajstić information content (AvgIpc) is 3.57. The van der Waals surface area contributed by atoms with Crippen LogP contribution < -0.4 is 0 Å². The van der Waals surface area contributed by atoms with Crippen molar-refractivity contribution in [1.29, 1.82) is 0 Å². The van der Waals surface area contributed by atoms with Gasteiger partial charge in [0.15, 0.2) is 0 Å². The minimum Gasteiger partial charge on any atom is -0.455 e. The highest BCUT2D eigenvalue weighted by molar-refractivity contribution is 6.26. The Bertz CT molecular complexity index is 2800. The van der Waals surface area contributed by atoms with Gasteiger partial charge in [-0.2, -0.15) is 0 Å². The molecule has 0 unspecified atom stereocenters. The third-order valence-electron chi connectivity index (χ3n) is 10.0. The Kier molecular flexibility index (Phi) is 6.25. The van der Waals surface area contributed by atoms with E-state index >= 15 is 0 Å². The zero-order valence-corrected chi connectivity index (χ0v) is 26.7. The summed E-state index contributed by atoms with van der Waals surface area (Å²) in [4.78, 5) is 0. The van der Waals surface area contributed by atoms with Crippen LogP contribution in [-0.2, 0) is 0 Å². The van der Waals surface area contributed by atoms with Gasteiger partial charge >= 0.3 is 0 Å². The fourth-order valence-electron chi connectivity index (χ4n) is 7.84. The van der Waals surface area contributed by atoms with Gasteiger partial charge in [0.25, 0.3) is 0 Å². The van der Waals surface area contributed by atoms with E-state index in [1.165, 1.54) is 65.7 Å². The van der Waals surface area contributed by atoms with E-state index in [-0.39, 0.29) is 0 Å². The van der Waals surface area contributed by atoms with E-state index in [9.17, 15) is 0 Å². The lowest BCUT2D eigenvalue weighted by molar-refractivity contribution is 0.670. The van der Waals surface area contributed by atoms with Gasteiger partial charge in [-0.15, -0.1) is 0 Å². The van der Waals surface area contributed by atoms with Crippen LogP contribution in [0.3, 0.4) is 0 Å². The molecule has 10 aromatic rings. The van der Waals surface area contributed by atoms with Crippen LogP contribution in [0.4, 0.5) is 0 Å². The second kappa shape index (κ2) is 11.1. The van der Waals surface area contributed by atoms with E-state index in [1.807, 2.05) is 0 Å². The third-order valence-corrected chi connectivity index (χ3v) is 10.0. The van der Waals surface area contributed by atoms with E-state index in [1.54, 1.807) is 0 Å². The van der Waals surface area contributed by atoms with Crippen molar-refractivity contribution in [3.8, 4) is 44.5 Å². The molecule has 10 rings (SSSR count). The molecule has 1 aromatic heterocycles. The smallest absolute Gasteiger partial charge is 0.143 e. The lowest BCUT2D eigenvalue weighted by atomic mass is 9.84. The highest BCUT2D eigenvalue weighted by Gasteiger charge is 2.21. The Labute approximate surface area is 284 Å². The van der Waals surface area contributed by atoms with E-state index in [4.69, 9.17) is 4.42 Å². The lowest BCUT2D eigenvalue weighted by Crippen LogP contribution is -1.91. The number of hydrogen-bond acceptors (Lipinski definition) is 1. The van der Waals surface area contributed by atoms with Gasteiger partial charge < -0.3 is 4.42 Å². The summed E-state index contributed by atoms with van der Waals surface area (Å²) in [5, 5.41) is 9.70. The highest BCUT2D eigenvalue weighted by Crippen LogP contribution is 2.48. The minimum absolute atomic E-state index is 0.900. The van der Waals surface area contributed by atoms with Gasteiger partial charge in [-0.1, -0.05) is 164 Å². The topological polar surface area (TPSA) is 13.1 Å². The molecule has 0 saturated carbocycles. The molecule has 0 saturated heterocycles. The summed E-state index contributed by atoms with van der Waals surface area (Å²) in [5.74, 6) is 0. The molecule has 1 heteroatoms. The molecule has 0 N–H and O–H groups in total. The lowest BCUT2D eigenvalue weighted by Gasteiger charge is -2.18. The molecule has 0 radical (unpaired) electrons. The first kappa shape index (κ1) is 27.7. The summed E-state index contributed by atoms with van der Waals surface area (Å²) in [7, 11) is 0. The summed E-state index contributed by atoms with van der Waals surface area (Å²) in [5.41, 5.74) is 11.4. The van der Waals surface area contributed by atoms with E-state index in [2.05, 4.69) is 182 Å². The molecule has 228 valence electrons. The Morgan fingerprint density at radius 3 is 1.53 bits per heavy atom. The molecule has 0 atom stereocenters. The summed E-state index contributed by atoms with van der Waals surface area (Å²) in [6.45, 7) is 0. The van der Waals surface area contributed by atoms with Crippen LogP contribution in [-0.4, -0.2) is 0 Å². The van der Waals surface area contributed by atoms with Crippen molar-refractivity contribution >= 4 is 54.3 Å². The SMILES string of the molecule is c1ccc(-c2ccc3ccc(-c4c5ccccc5c(-c5cccc6oc7c(-c8ccccc8)cccc7c56)c5ccccc45)cc3c2)cc1. The Morgan fingerprint density at radius 2 is 0.837 bits per heavy atom. The van der Waals surface area contributed by atoms with Crippen molar-refractivity contribution in [3.63, 3.8) is 0 Å². The van der Waals surface area contributed by atoms with Gasteiger partial charge in [-0.25, -0.2) is 0 Å². The molecule has 0 amide bonds. The van der Waals surface area contributed by atoms with E-state index in [0.29, 0.717) is 0 Å². The van der Waals surface area contributed by atoms with Crippen LogP contribution in [0.15, 0.2) is 186 Å². The molecular formula is C48H30O. The largest absolute Gasteiger partial charge is 0.455 e. The molecule has 9 aromatic carbocycles. The summed E-state index contributed by atoms with van der Waals surface area (Å²) in [6.07, 6.45) is 0. The molecule has 49 heavy (non-hydrogen) atoms. The number of rotatable bonds is 4. The van der Waals surface area contributed by atoms with E-state index in [0.717, 1.165) is 33.1 Å². The number of benzene rings is 9. The molecule has 0 aliphatic heterocycles. The molecule has 0 aliphatic rings. The second-order valence-corrected chi connectivity index (χ2v) is 12.8. The van der Waals surface area contributed by atoms with Gasteiger partial charge in [0.05, 0.1) is 0 Å². The van der Waals surface area contributed by atoms with Crippen LogP contribution in [0.1, 0.15) is 0 Å². The van der Waals surface area contributed by atoms with Gasteiger partial charge in [0.2, 0.25) is 0 Å². The fraction of sp³-hybridized carbons (Fsp3) is 0. The van der Waals surface area contributed by atoms with E-state index < -0.39 is 0 Å². The summed E-state index contributed by atoms with van der Waals surface area (Å²) in [6, 6.07) is 65.7. The Balaban J connectivity index is 1.25. The quantitative estimate of drug-likeness (QED) is 0.178. The molecule has 0 aliphatic carbocycles. The predicted octanol–water partition coefficient (Wildman–Crippen LogP) is 13.7. The zero-order valence-electron chi connectivity index (χ0n) is 26.7.